The van der Waals surface area contributed by atoms with Crippen molar-refractivity contribution in [3.63, 3.8) is 0 Å². The average molecular weight is 449 g/mol. The quantitative estimate of drug-likeness (QED) is 0.587. The van der Waals surface area contributed by atoms with Crippen LogP contribution in [0.1, 0.15) is 75.2 Å². The molecular weight excluding hydrogens is 412 g/mol. The van der Waals surface area contributed by atoms with Gasteiger partial charge in [0.15, 0.2) is 0 Å². The highest BCUT2D eigenvalue weighted by molar-refractivity contribution is 6.33. The summed E-state index contributed by atoms with van der Waals surface area (Å²) in [4.78, 5) is 27.9. The topological polar surface area (TPSA) is 49.9 Å². The Labute approximate surface area is 192 Å². The number of carbonyl (C=O) groups is 2. The van der Waals surface area contributed by atoms with Crippen LogP contribution in [0.4, 0.5) is 4.79 Å². The van der Waals surface area contributed by atoms with Crippen molar-refractivity contribution >= 4 is 23.6 Å². The van der Waals surface area contributed by atoms with Crippen LogP contribution in [-0.2, 0) is 11.2 Å². The third kappa shape index (κ3) is 6.15. The van der Waals surface area contributed by atoms with E-state index in [1.54, 1.807) is 19.0 Å². The van der Waals surface area contributed by atoms with Gasteiger partial charge in [-0.2, -0.15) is 0 Å². The highest BCUT2D eigenvalue weighted by atomic mass is 35.5. The molecule has 2 amide bonds. The number of hydrogen-bond donors (Lipinski definition) is 0. The zero-order valence-electron chi connectivity index (χ0n) is 19.7. The molecule has 172 valence electrons. The highest BCUT2D eigenvalue weighted by Gasteiger charge is 2.39. The first kappa shape index (κ1) is 23.9. The van der Waals surface area contributed by atoms with Gasteiger partial charge in [-0.3, -0.25) is 4.79 Å². The number of hydrogen-bond acceptors (Lipinski definition) is 3. The van der Waals surface area contributed by atoms with Crippen LogP contribution in [0, 0.1) is 11.3 Å². The van der Waals surface area contributed by atoms with Crippen molar-refractivity contribution in [1.82, 2.24) is 9.80 Å². The van der Waals surface area contributed by atoms with Crippen molar-refractivity contribution in [2.24, 2.45) is 11.3 Å². The van der Waals surface area contributed by atoms with E-state index < -0.39 is 5.60 Å². The SMILES string of the molecule is CN(C)C(=O)c1ccc(CC2CCC3(CC2)CCN(C(=O)OC(C)(C)C)CC3)cc1Cl. The van der Waals surface area contributed by atoms with E-state index in [0.717, 1.165) is 32.4 Å². The van der Waals surface area contributed by atoms with Gasteiger partial charge in [0.2, 0.25) is 0 Å². The fourth-order valence-electron chi connectivity index (χ4n) is 4.92. The fourth-order valence-corrected chi connectivity index (χ4v) is 5.20. The molecule has 1 heterocycles. The molecule has 5 nitrogen and oxygen atoms in total. The molecule has 0 aromatic heterocycles. The Hall–Kier alpha value is -1.75. The van der Waals surface area contributed by atoms with Gasteiger partial charge in [0.25, 0.3) is 5.91 Å². The predicted molar refractivity (Wildman–Crippen MR) is 125 cm³/mol. The summed E-state index contributed by atoms with van der Waals surface area (Å²) in [5.74, 6) is 0.592. The smallest absolute Gasteiger partial charge is 0.410 e. The summed E-state index contributed by atoms with van der Waals surface area (Å²) in [5, 5.41) is 0.540. The maximum Gasteiger partial charge on any atom is 0.410 e. The van der Waals surface area contributed by atoms with Crippen LogP contribution in [0.2, 0.25) is 5.02 Å². The van der Waals surface area contributed by atoms with Gasteiger partial charge in [0, 0.05) is 27.2 Å². The molecule has 1 aromatic carbocycles. The lowest BCUT2D eigenvalue weighted by Crippen LogP contribution is -2.46. The van der Waals surface area contributed by atoms with Gasteiger partial charge >= 0.3 is 6.09 Å². The molecule has 1 aliphatic heterocycles. The molecule has 1 spiro atoms. The first-order valence-corrected chi connectivity index (χ1v) is 11.8. The van der Waals surface area contributed by atoms with E-state index in [-0.39, 0.29) is 12.0 Å². The number of ether oxygens (including phenoxy) is 1. The highest BCUT2D eigenvalue weighted by Crippen LogP contribution is 2.47. The first-order chi connectivity index (χ1) is 14.5. The van der Waals surface area contributed by atoms with Gasteiger partial charge in [-0.1, -0.05) is 17.7 Å². The minimum absolute atomic E-state index is 0.0612. The Morgan fingerprint density at radius 2 is 1.74 bits per heavy atom. The van der Waals surface area contributed by atoms with Gasteiger partial charge < -0.3 is 14.5 Å². The van der Waals surface area contributed by atoms with Gasteiger partial charge in [-0.25, -0.2) is 4.79 Å². The summed E-state index contributed by atoms with van der Waals surface area (Å²) in [5.41, 5.74) is 1.72. The molecule has 2 aliphatic rings. The number of amides is 2. The van der Waals surface area contributed by atoms with Crippen LogP contribution in [0.3, 0.4) is 0 Å². The summed E-state index contributed by atoms with van der Waals surface area (Å²) in [6, 6.07) is 5.87. The van der Waals surface area contributed by atoms with Crippen LogP contribution < -0.4 is 0 Å². The number of nitrogens with zero attached hydrogens (tertiary/aromatic N) is 2. The number of piperidine rings is 1. The number of likely N-dealkylation sites (tertiary alicyclic amines) is 1. The van der Waals surface area contributed by atoms with Crippen molar-refractivity contribution < 1.29 is 14.3 Å². The molecule has 1 saturated carbocycles. The molecule has 1 aromatic rings. The molecule has 31 heavy (non-hydrogen) atoms. The second-order valence-electron chi connectivity index (χ2n) is 10.6. The van der Waals surface area contributed by atoms with E-state index >= 15 is 0 Å². The van der Waals surface area contributed by atoms with Gasteiger partial charge in [-0.15, -0.1) is 0 Å². The maximum absolute atomic E-state index is 12.3. The van der Waals surface area contributed by atoms with E-state index in [1.807, 2.05) is 43.9 Å². The molecule has 1 saturated heterocycles. The minimum Gasteiger partial charge on any atom is -0.444 e. The number of carbonyl (C=O) groups excluding carboxylic acids is 2. The molecule has 3 rings (SSSR count). The minimum atomic E-state index is -0.439. The standard InChI is InChI=1S/C25H37ClN2O3/c1-24(2,3)31-23(30)28-14-12-25(13-15-28)10-8-18(9-11-25)16-19-6-7-20(21(26)17-19)22(29)27(4)5/h6-7,17-18H,8-16H2,1-5H3. The van der Waals surface area contributed by atoms with Crippen LogP contribution in [0.5, 0.6) is 0 Å². The molecule has 0 radical (unpaired) electrons. The Balaban J connectivity index is 1.50. The second kappa shape index (κ2) is 9.40. The third-order valence-corrected chi connectivity index (χ3v) is 7.15. The van der Waals surface area contributed by atoms with Crippen molar-refractivity contribution in [2.45, 2.75) is 71.3 Å². The number of benzene rings is 1. The Kier molecular flexibility index (Phi) is 7.25. The van der Waals surface area contributed by atoms with Crippen molar-refractivity contribution in [3.05, 3.63) is 34.3 Å². The third-order valence-electron chi connectivity index (χ3n) is 6.84. The van der Waals surface area contributed by atoms with E-state index in [2.05, 4.69) is 0 Å². The van der Waals surface area contributed by atoms with Crippen LogP contribution in [0.15, 0.2) is 18.2 Å². The summed E-state index contributed by atoms with van der Waals surface area (Å²) < 4.78 is 5.53. The summed E-state index contributed by atoms with van der Waals surface area (Å²) in [6.07, 6.45) is 7.86. The zero-order valence-corrected chi connectivity index (χ0v) is 20.4. The van der Waals surface area contributed by atoms with E-state index in [0.29, 0.717) is 21.9 Å². The normalized spacial score (nSPS) is 19.4. The zero-order chi connectivity index (χ0) is 22.8. The van der Waals surface area contributed by atoms with E-state index in [1.165, 1.54) is 31.2 Å². The Morgan fingerprint density at radius 3 is 2.26 bits per heavy atom. The predicted octanol–water partition coefficient (Wildman–Crippen LogP) is 5.79. The first-order valence-electron chi connectivity index (χ1n) is 11.5. The van der Waals surface area contributed by atoms with E-state index in [9.17, 15) is 9.59 Å². The van der Waals surface area contributed by atoms with Crippen molar-refractivity contribution in [2.75, 3.05) is 27.2 Å². The molecule has 0 N–H and O–H groups in total. The Morgan fingerprint density at radius 1 is 1.13 bits per heavy atom. The van der Waals surface area contributed by atoms with Crippen molar-refractivity contribution in [3.8, 4) is 0 Å². The summed E-state index contributed by atoms with van der Waals surface area (Å²) >= 11 is 6.39. The van der Waals surface area contributed by atoms with Gasteiger partial charge in [0.05, 0.1) is 10.6 Å². The summed E-state index contributed by atoms with van der Waals surface area (Å²) in [7, 11) is 3.48. The van der Waals surface area contributed by atoms with Crippen LogP contribution in [-0.4, -0.2) is 54.6 Å². The molecule has 0 atom stereocenters. The lowest BCUT2D eigenvalue weighted by molar-refractivity contribution is 0.00142. The Bertz CT molecular complexity index is 797. The average Bonchev–Trinajstić information content (AvgIpc) is 2.69. The summed E-state index contributed by atoms with van der Waals surface area (Å²) in [6.45, 7) is 7.35. The van der Waals surface area contributed by atoms with Crippen molar-refractivity contribution in [1.29, 1.82) is 0 Å². The lowest BCUT2D eigenvalue weighted by Gasteiger charge is -2.46. The van der Waals surface area contributed by atoms with E-state index in [4.69, 9.17) is 16.3 Å². The molecule has 1 aliphatic carbocycles. The molecule has 0 unspecified atom stereocenters. The second-order valence-corrected chi connectivity index (χ2v) is 11.0. The van der Waals surface area contributed by atoms with Gasteiger partial charge in [-0.05, 0) is 94.7 Å². The maximum atomic E-state index is 12.3. The number of rotatable bonds is 3. The monoisotopic (exact) mass is 448 g/mol. The molecule has 0 bridgehead atoms. The molecular formula is C25H37ClN2O3. The molecule has 2 fully saturated rings. The lowest BCUT2D eigenvalue weighted by atomic mass is 9.65. The van der Waals surface area contributed by atoms with Gasteiger partial charge in [0.1, 0.15) is 5.60 Å². The largest absolute Gasteiger partial charge is 0.444 e. The fraction of sp³-hybridized carbons (Fsp3) is 0.680. The number of halogens is 1. The van der Waals surface area contributed by atoms with Crippen LogP contribution >= 0.6 is 11.6 Å². The molecule has 6 heteroatoms. The van der Waals surface area contributed by atoms with Crippen LogP contribution in [0.25, 0.3) is 0 Å².